The fourth-order valence-corrected chi connectivity index (χ4v) is 4.70. The van der Waals surface area contributed by atoms with Crippen molar-refractivity contribution in [2.45, 2.75) is 4.90 Å². The van der Waals surface area contributed by atoms with E-state index in [1.54, 1.807) is 30.3 Å². The Balaban J connectivity index is 1.71. The zero-order valence-corrected chi connectivity index (χ0v) is 17.7. The number of sulfonamides is 1. The van der Waals surface area contributed by atoms with Crippen LogP contribution in [0.4, 0.5) is 5.95 Å². The van der Waals surface area contributed by atoms with E-state index in [1.165, 1.54) is 26.4 Å². The van der Waals surface area contributed by atoms with Crippen LogP contribution in [0.5, 0.6) is 0 Å². The van der Waals surface area contributed by atoms with Gasteiger partial charge in [-0.25, -0.2) is 13.4 Å². The number of halogens is 1. The zero-order chi connectivity index (χ0) is 20.8. The van der Waals surface area contributed by atoms with E-state index in [0.717, 1.165) is 4.31 Å². The third kappa shape index (κ3) is 3.21. The largest absolute Gasteiger partial charge is 0.494 e. The SMILES string of the molecule is COC1=C(C(=O)Nc2ncc(-c3ccc(Br)o3)[nH]2)N(C)S(=O)(=O)c2ccccc21. The highest BCUT2D eigenvalue weighted by atomic mass is 79.9. The second-order valence-electron chi connectivity index (χ2n) is 6.05. The molecule has 0 radical (unpaired) electrons. The molecule has 0 saturated carbocycles. The van der Waals surface area contributed by atoms with Gasteiger partial charge in [-0.3, -0.25) is 14.4 Å². The summed E-state index contributed by atoms with van der Waals surface area (Å²) >= 11 is 3.22. The summed E-state index contributed by atoms with van der Waals surface area (Å²) in [5.41, 5.74) is 0.714. The number of furan rings is 1. The number of methoxy groups -OCH3 is 1. The van der Waals surface area contributed by atoms with Gasteiger partial charge in [0.15, 0.2) is 21.9 Å². The molecule has 0 fully saturated rings. The Morgan fingerprint density at radius 3 is 2.72 bits per heavy atom. The second kappa shape index (κ2) is 7.08. The number of benzene rings is 1. The molecule has 0 unspecified atom stereocenters. The fraction of sp³-hybridized carbons (Fsp3) is 0.111. The molecule has 1 amide bonds. The van der Waals surface area contributed by atoms with E-state index in [2.05, 4.69) is 31.2 Å². The Bertz CT molecular complexity index is 1240. The molecular formula is C18H15BrN4O5S. The molecule has 1 aromatic carbocycles. The lowest BCUT2D eigenvalue weighted by molar-refractivity contribution is -0.113. The normalized spacial score (nSPS) is 15.2. The third-order valence-electron chi connectivity index (χ3n) is 4.37. The Morgan fingerprint density at radius 1 is 1.28 bits per heavy atom. The number of nitrogens with zero attached hydrogens (tertiary/aromatic N) is 2. The number of carbonyl (C=O) groups is 1. The summed E-state index contributed by atoms with van der Waals surface area (Å²) < 4.78 is 38.0. The summed E-state index contributed by atoms with van der Waals surface area (Å²) in [6.07, 6.45) is 1.49. The van der Waals surface area contributed by atoms with Crippen molar-refractivity contribution in [1.29, 1.82) is 0 Å². The van der Waals surface area contributed by atoms with Crippen LogP contribution < -0.4 is 5.32 Å². The molecule has 2 aromatic heterocycles. The minimum Gasteiger partial charge on any atom is -0.494 e. The second-order valence-corrected chi connectivity index (χ2v) is 8.77. The quantitative estimate of drug-likeness (QED) is 0.594. The lowest BCUT2D eigenvalue weighted by Gasteiger charge is -2.29. The molecule has 3 heterocycles. The van der Waals surface area contributed by atoms with E-state index in [4.69, 9.17) is 9.15 Å². The number of fused-ring (bicyclic) bond motifs is 1. The van der Waals surface area contributed by atoms with Crippen molar-refractivity contribution in [1.82, 2.24) is 14.3 Å². The van der Waals surface area contributed by atoms with Gasteiger partial charge in [0, 0.05) is 12.6 Å². The molecule has 11 heteroatoms. The first-order valence-corrected chi connectivity index (χ1v) is 10.5. The minimum atomic E-state index is -3.90. The van der Waals surface area contributed by atoms with Crippen LogP contribution in [0.3, 0.4) is 0 Å². The van der Waals surface area contributed by atoms with Crippen LogP contribution in [0.25, 0.3) is 17.2 Å². The number of hydrogen-bond acceptors (Lipinski definition) is 6. The van der Waals surface area contributed by atoms with Crippen LogP contribution in [-0.2, 0) is 19.6 Å². The number of aromatic amines is 1. The molecule has 3 aromatic rings. The summed E-state index contributed by atoms with van der Waals surface area (Å²) in [5, 5.41) is 2.57. The van der Waals surface area contributed by atoms with Crippen LogP contribution in [0.1, 0.15) is 5.56 Å². The van der Waals surface area contributed by atoms with Gasteiger partial charge in [0.05, 0.1) is 18.2 Å². The Morgan fingerprint density at radius 2 is 2.03 bits per heavy atom. The van der Waals surface area contributed by atoms with Crippen molar-refractivity contribution < 1.29 is 22.4 Å². The molecule has 0 spiro atoms. The summed E-state index contributed by atoms with van der Waals surface area (Å²) in [7, 11) is -1.22. The van der Waals surface area contributed by atoms with Crippen LogP contribution in [0.15, 0.2) is 62.3 Å². The minimum absolute atomic E-state index is 0.0691. The maximum Gasteiger partial charge on any atom is 0.279 e. The molecule has 0 atom stereocenters. The number of ether oxygens (including phenoxy) is 1. The Labute approximate surface area is 174 Å². The standard InChI is InChI=1S/C18H15BrN4O5S/c1-23-15(16(27-2)10-5-3-4-6-13(10)29(23,25)26)17(24)22-18-20-9-11(21-18)12-7-8-14(19)28-12/h3-9H,1-2H3,(H2,20,21,22,24). The van der Waals surface area contributed by atoms with Gasteiger partial charge in [-0.2, -0.15) is 0 Å². The predicted molar refractivity (Wildman–Crippen MR) is 108 cm³/mol. The zero-order valence-electron chi connectivity index (χ0n) is 15.3. The van der Waals surface area contributed by atoms with E-state index in [9.17, 15) is 13.2 Å². The molecule has 0 aliphatic carbocycles. The maximum atomic E-state index is 12.9. The lowest BCUT2D eigenvalue weighted by atomic mass is 10.1. The van der Waals surface area contributed by atoms with E-state index in [1.807, 2.05) is 0 Å². The topological polar surface area (TPSA) is 118 Å². The molecule has 1 aliphatic heterocycles. The molecule has 1 aliphatic rings. The molecular weight excluding hydrogens is 464 g/mol. The number of anilines is 1. The van der Waals surface area contributed by atoms with Crippen molar-refractivity contribution in [2.75, 3.05) is 19.5 Å². The Kier molecular flexibility index (Phi) is 4.71. The number of nitrogens with one attached hydrogen (secondary N) is 2. The van der Waals surface area contributed by atoms with Gasteiger partial charge in [-0.1, -0.05) is 12.1 Å². The van der Waals surface area contributed by atoms with Crippen molar-refractivity contribution in [2.24, 2.45) is 0 Å². The van der Waals surface area contributed by atoms with Gasteiger partial charge in [0.2, 0.25) is 5.95 Å². The number of imidazole rings is 1. The predicted octanol–water partition coefficient (Wildman–Crippen LogP) is 3.02. The molecule has 150 valence electrons. The highest BCUT2D eigenvalue weighted by molar-refractivity contribution is 9.10. The van der Waals surface area contributed by atoms with Gasteiger partial charge >= 0.3 is 0 Å². The molecule has 0 bridgehead atoms. The average Bonchev–Trinajstić information content (AvgIpc) is 3.33. The van der Waals surface area contributed by atoms with Gasteiger partial charge < -0.3 is 14.1 Å². The maximum absolute atomic E-state index is 12.9. The molecule has 9 nitrogen and oxygen atoms in total. The number of H-pyrrole nitrogens is 1. The number of rotatable bonds is 4. The van der Waals surface area contributed by atoms with Crippen LogP contribution >= 0.6 is 15.9 Å². The van der Waals surface area contributed by atoms with Crippen molar-refractivity contribution in [3.8, 4) is 11.5 Å². The van der Waals surface area contributed by atoms with Crippen LogP contribution in [0.2, 0.25) is 0 Å². The first-order valence-electron chi connectivity index (χ1n) is 8.31. The summed E-state index contributed by atoms with van der Waals surface area (Å²) in [4.78, 5) is 20.0. The molecule has 29 heavy (non-hydrogen) atoms. The number of hydrogen-bond donors (Lipinski definition) is 2. The van der Waals surface area contributed by atoms with Gasteiger partial charge in [-0.15, -0.1) is 0 Å². The molecule has 0 saturated heterocycles. The summed E-state index contributed by atoms with van der Waals surface area (Å²) in [6.45, 7) is 0. The van der Waals surface area contributed by atoms with Crippen molar-refractivity contribution >= 4 is 43.6 Å². The number of carbonyl (C=O) groups excluding carboxylic acids is 1. The van der Waals surface area contributed by atoms with E-state index in [0.29, 0.717) is 21.7 Å². The van der Waals surface area contributed by atoms with Crippen molar-refractivity contribution in [3.63, 3.8) is 0 Å². The Hall–Kier alpha value is -3.05. The number of likely N-dealkylation sites (N-methyl/N-ethyl adjacent to an activating group) is 1. The monoisotopic (exact) mass is 478 g/mol. The van der Waals surface area contributed by atoms with Crippen molar-refractivity contribution in [3.05, 3.63) is 58.5 Å². The highest BCUT2D eigenvalue weighted by Gasteiger charge is 2.38. The van der Waals surface area contributed by atoms with E-state index >= 15 is 0 Å². The number of amides is 1. The van der Waals surface area contributed by atoms with E-state index < -0.39 is 15.9 Å². The smallest absolute Gasteiger partial charge is 0.279 e. The third-order valence-corrected chi connectivity index (χ3v) is 6.61. The highest BCUT2D eigenvalue weighted by Crippen LogP contribution is 2.36. The fourth-order valence-electron chi connectivity index (χ4n) is 3.01. The summed E-state index contributed by atoms with van der Waals surface area (Å²) in [5.74, 6) is 0.110. The van der Waals surface area contributed by atoms with Gasteiger partial charge in [-0.05, 0) is 40.2 Å². The first-order chi connectivity index (χ1) is 13.8. The van der Waals surface area contributed by atoms with Crippen LogP contribution in [-0.4, -0.2) is 42.8 Å². The number of aromatic nitrogens is 2. The van der Waals surface area contributed by atoms with Gasteiger partial charge in [0.25, 0.3) is 15.9 Å². The first kappa shape index (κ1) is 19.3. The van der Waals surface area contributed by atoms with Crippen LogP contribution in [0, 0.1) is 0 Å². The average molecular weight is 479 g/mol. The molecule has 4 rings (SSSR count). The van der Waals surface area contributed by atoms with Gasteiger partial charge in [0.1, 0.15) is 5.69 Å². The lowest BCUT2D eigenvalue weighted by Crippen LogP contribution is -2.37. The summed E-state index contributed by atoms with van der Waals surface area (Å²) in [6, 6.07) is 9.80. The molecule has 2 N–H and O–H groups in total. The van der Waals surface area contributed by atoms with E-state index in [-0.39, 0.29) is 22.3 Å².